The largest absolute Gasteiger partial charge is 0.462 e. The molecule has 0 saturated carbocycles. The van der Waals surface area contributed by atoms with Gasteiger partial charge in [0.05, 0.1) is 0 Å². The van der Waals surface area contributed by atoms with Crippen molar-refractivity contribution in [2.24, 2.45) is 5.92 Å². The van der Waals surface area contributed by atoms with E-state index < -0.39 is 6.10 Å². The van der Waals surface area contributed by atoms with Crippen molar-refractivity contribution in [3.63, 3.8) is 0 Å². The summed E-state index contributed by atoms with van der Waals surface area (Å²) >= 11 is 0. The summed E-state index contributed by atoms with van der Waals surface area (Å²) < 4.78 is 16.8. The Morgan fingerprint density at radius 3 is 0.897 bits per heavy atom. The average molecular weight is 821 g/mol. The van der Waals surface area contributed by atoms with Gasteiger partial charge in [-0.1, -0.05) is 252 Å². The van der Waals surface area contributed by atoms with Crippen molar-refractivity contribution in [1.29, 1.82) is 0 Å². The van der Waals surface area contributed by atoms with Crippen molar-refractivity contribution < 1.29 is 28.6 Å². The highest BCUT2D eigenvalue weighted by atomic mass is 16.6. The lowest BCUT2D eigenvalue weighted by molar-refractivity contribution is -0.167. The zero-order valence-electron chi connectivity index (χ0n) is 39.5. The molecule has 0 aromatic rings. The maximum absolute atomic E-state index is 12.8. The van der Waals surface area contributed by atoms with Gasteiger partial charge in [0, 0.05) is 19.3 Å². The van der Waals surface area contributed by atoms with E-state index in [4.69, 9.17) is 14.2 Å². The van der Waals surface area contributed by atoms with E-state index >= 15 is 0 Å². The maximum Gasteiger partial charge on any atom is 0.306 e. The Kier molecular flexibility index (Phi) is 45.2. The molecule has 0 saturated heterocycles. The molecule has 344 valence electrons. The van der Waals surface area contributed by atoms with Crippen LogP contribution >= 0.6 is 0 Å². The summed E-state index contributed by atoms with van der Waals surface area (Å²) in [5.74, 6) is 0.0230. The number of hydrogen-bond acceptors (Lipinski definition) is 6. The van der Waals surface area contributed by atoms with Crippen molar-refractivity contribution in [3.05, 3.63) is 0 Å². The number of rotatable bonds is 47. The molecule has 0 aliphatic carbocycles. The van der Waals surface area contributed by atoms with E-state index in [1.807, 2.05) is 0 Å². The normalized spacial score (nSPS) is 12.4. The molecule has 0 N–H and O–H groups in total. The lowest BCUT2D eigenvalue weighted by Gasteiger charge is -2.18. The second kappa shape index (κ2) is 46.5. The van der Waals surface area contributed by atoms with Gasteiger partial charge in [-0.05, 0) is 25.2 Å². The summed E-state index contributed by atoms with van der Waals surface area (Å²) in [5, 5.41) is 0. The van der Waals surface area contributed by atoms with Crippen LogP contribution in [0.3, 0.4) is 0 Å². The van der Waals surface area contributed by atoms with Crippen LogP contribution in [0.5, 0.6) is 0 Å². The zero-order chi connectivity index (χ0) is 42.4. The third kappa shape index (κ3) is 44.0. The summed E-state index contributed by atoms with van der Waals surface area (Å²) in [6, 6.07) is 0. The highest BCUT2D eigenvalue weighted by molar-refractivity contribution is 5.71. The molecule has 1 unspecified atom stereocenters. The van der Waals surface area contributed by atoms with Gasteiger partial charge < -0.3 is 14.2 Å². The SMILES string of the molecule is CCCCCCCCCCCCCCCCC(=O)OC[C@@H](COC(=O)CCCCCCCCCCCCCC)OC(=O)CCCCCCCCCCCCC(C)CC. The summed E-state index contributed by atoms with van der Waals surface area (Å²) in [5.41, 5.74) is 0. The first-order valence-electron chi connectivity index (χ1n) is 25.9. The molecule has 0 spiro atoms. The maximum atomic E-state index is 12.8. The van der Waals surface area contributed by atoms with Crippen LogP contribution in [-0.4, -0.2) is 37.2 Å². The number of carbonyl (C=O) groups excluding carboxylic acids is 3. The van der Waals surface area contributed by atoms with Crippen LogP contribution in [-0.2, 0) is 28.6 Å². The Morgan fingerprint density at radius 1 is 0.345 bits per heavy atom. The standard InChI is InChI=1S/C52H100O6/c1-5-8-10-12-14-16-18-20-21-23-28-32-36-40-44-51(54)57-47-49(46-56-50(53)43-39-35-31-27-22-19-17-15-13-11-9-6-2)58-52(55)45-41-37-33-29-25-24-26-30-34-38-42-48(4)7-3/h48-49H,5-47H2,1-4H3/t48?,49-/m1/s1. The highest BCUT2D eigenvalue weighted by Gasteiger charge is 2.19. The Labute approximate surface area is 361 Å². The minimum absolute atomic E-state index is 0.0628. The van der Waals surface area contributed by atoms with Gasteiger partial charge in [-0.3, -0.25) is 14.4 Å². The van der Waals surface area contributed by atoms with E-state index in [1.54, 1.807) is 0 Å². The van der Waals surface area contributed by atoms with Gasteiger partial charge in [-0.2, -0.15) is 0 Å². The lowest BCUT2D eigenvalue weighted by Crippen LogP contribution is -2.30. The van der Waals surface area contributed by atoms with Crippen molar-refractivity contribution in [2.45, 2.75) is 297 Å². The molecule has 0 fully saturated rings. The van der Waals surface area contributed by atoms with E-state index in [-0.39, 0.29) is 31.1 Å². The molecule has 0 aliphatic heterocycles. The molecule has 6 heteroatoms. The summed E-state index contributed by atoms with van der Waals surface area (Å²) in [7, 11) is 0. The Balaban J connectivity index is 4.32. The number of hydrogen-bond donors (Lipinski definition) is 0. The van der Waals surface area contributed by atoms with E-state index in [0.29, 0.717) is 19.3 Å². The van der Waals surface area contributed by atoms with Gasteiger partial charge >= 0.3 is 17.9 Å². The highest BCUT2D eigenvalue weighted by Crippen LogP contribution is 2.17. The third-order valence-corrected chi connectivity index (χ3v) is 12.2. The van der Waals surface area contributed by atoms with Gasteiger partial charge in [-0.25, -0.2) is 0 Å². The lowest BCUT2D eigenvalue weighted by atomic mass is 9.99. The fourth-order valence-electron chi connectivity index (χ4n) is 7.83. The van der Waals surface area contributed by atoms with Crippen LogP contribution in [0.2, 0.25) is 0 Å². The Hall–Kier alpha value is -1.59. The minimum atomic E-state index is -0.760. The summed E-state index contributed by atoms with van der Waals surface area (Å²) in [6.07, 6.45) is 47.9. The quantitative estimate of drug-likeness (QED) is 0.0346. The number of esters is 3. The first-order chi connectivity index (χ1) is 28.4. The summed E-state index contributed by atoms with van der Waals surface area (Å²) in [4.78, 5) is 37.9. The van der Waals surface area contributed by atoms with Crippen molar-refractivity contribution in [2.75, 3.05) is 13.2 Å². The molecule has 2 atom stereocenters. The number of ether oxygens (including phenoxy) is 3. The monoisotopic (exact) mass is 821 g/mol. The molecule has 0 heterocycles. The number of unbranched alkanes of at least 4 members (excludes halogenated alkanes) is 33. The Morgan fingerprint density at radius 2 is 0.603 bits per heavy atom. The van der Waals surface area contributed by atoms with E-state index in [0.717, 1.165) is 63.7 Å². The second-order valence-electron chi connectivity index (χ2n) is 18.1. The Bertz CT molecular complexity index is 874. The molecule has 6 nitrogen and oxygen atoms in total. The van der Waals surface area contributed by atoms with Crippen LogP contribution in [0.15, 0.2) is 0 Å². The predicted molar refractivity (Wildman–Crippen MR) is 247 cm³/mol. The van der Waals surface area contributed by atoms with E-state index in [2.05, 4.69) is 27.7 Å². The van der Waals surface area contributed by atoms with E-state index in [9.17, 15) is 14.4 Å². The van der Waals surface area contributed by atoms with Gasteiger partial charge in [0.1, 0.15) is 13.2 Å². The van der Waals surface area contributed by atoms with Crippen molar-refractivity contribution in [3.8, 4) is 0 Å². The zero-order valence-corrected chi connectivity index (χ0v) is 39.5. The molecule has 0 aliphatic rings. The van der Waals surface area contributed by atoms with Gasteiger partial charge in [0.15, 0.2) is 6.10 Å². The van der Waals surface area contributed by atoms with Crippen LogP contribution in [0.25, 0.3) is 0 Å². The smallest absolute Gasteiger partial charge is 0.306 e. The van der Waals surface area contributed by atoms with Gasteiger partial charge in [0.2, 0.25) is 0 Å². The number of carbonyl (C=O) groups is 3. The molecule has 0 aromatic heterocycles. The molecular formula is C52H100O6. The van der Waals surface area contributed by atoms with Crippen LogP contribution in [0.1, 0.15) is 291 Å². The fourth-order valence-corrected chi connectivity index (χ4v) is 7.83. The van der Waals surface area contributed by atoms with Gasteiger partial charge in [0.25, 0.3) is 0 Å². The van der Waals surface area contributed by atoms with Gasteiger partial charge in [-0.15, -0.1) is 0 Å². The van der Waals surface area contributed by atoms with Crippen molar-refractivity contribution >= 4 is 17.9 Å². The fraction of sp³-hybridized carbons (Fsp3) is 0.942. The first-order valence-corrected chi connectivity index (χ1v) is 25.9. The van der Waals surface area contributed by atoms with Crippen LogP contribution in [0, 0.1) is 5.92 Å². The molecule has 0 aromatic carbocycles. The molecule has 0 bridgehead atoms. The molecule has 58 heavy (non-hydrogen) atoms. The summed E-state index contributed by atoms with van der Waals surface area (Å²) in [6.45, 7) is 9.05. The first kappa shape index (κ1) is 56.4. The predicted octanol–water partition coefficient (Wildman–Crippen LogP) is 16.7. The molecule has 0 radical (unpaired) electrons. The van der Waals surface area contributed by atoms with E-state index in [1.165, 1.54) is 186 Å². The molecular weight excluding hydrogens is 721 g/mol. The minimum Gasteiger partial charge on any atom is -0.462 e. The third-order valence-electron chi connectivity index (χ3n) is 12.2. The second-order valence-corrected chi connectivity index (χ2v) is 18.1. The molecule has 0 amide bonds. The van der Waals surface area contributed by atoms with Crippen LogP contribution in [0.4, 0.5) is 0 Å². The van der Waals surface area contributed by atoms with Crippen molar-refractivity contribution in [1.82, 2.24) is 0 Å². The topological polar surface area (TPSA) is 78.9 Å². The average Bonchev–Trinajstić information content (AvgIpc) is 3.22. The molecule has 0 rings (SSSR count). The van der Waals surface area contributed by atoms with Crippen LogP contribution < -0.4 is 0 Å².